The third-order valence-corrected chi connectivity index (χ3v) is 14.6. The summed E-state index contributed by atoms with van der Waals surface area (Å²) in [7, 11) is 4.93. The molecule has 8 rings (SSSR count). The second-order valence-electron chi connectivity index (χ2n) is 20.2. The van der Waals surface area contributed by atoms with E-state index in [0.717, 1.165) is 38.2 Å². The van der Waals surface area contributed by atoms with Crippen molar-refractivity contribution in [1.29, 1.82) is 0 Å². The molecule has 4 N–H and O–H groups in total. The average Bonchev–Trinajstić information content (AvgIpc) is 3.77. The molecule has 3 fully saturated rings. The maximum Gasteiger partial charge on any atom is 0.259 e. The van der Waals surface area contributed by atoms with Crippen molar-refractivity contribution in [3.8, 4) is 38.8 Å². The van der Waals surface area contributed by atoms with Crippen molar-refractivity contribution < 1.29 is 52.4 Å². The van der Waals surface area contributed by atoms with Crippen molar-refractivity contribution in [1.82, 2.24) is 40.3 Å². The van der Waals surface area contributed by atoms with Crippen molar-refractivity contribution in [3.05, 3.63) is 87.7 Å². The number of aryl methyl sites for hydroxylation is 2. The number of hydrogen-bond acceptors (Lipinski definition) is 15. The number of nitrogens with one attached hydrogen (secondary N) is 3. The van der Waals surface area contributed by atoms with E-state index in [4.69, 9.17) is 23.7 Å². The molecule has 3 atom stereocenters. The molecule has 0 spiro atoms. The lowest BCUT2D eigenvalue weighted by atomic mass is 9.85. The summed E-state index contributed by atoms with van der Waals surface area (Å²) in [5, 5.41) is 20.4. The van der Waals surface area contributed by atoms with E-state index in [9.17, 15) is 33.5 Å². The number of β-amino-alcohol motifs (C(OH)–C–C–N with tert-alkyl or cyclic N) is 1. The Kier molecular flexibility index (Phi) is 16.7. The minimum absolute atomic E-state index is 0.00273. The number of thiazole rings is 1. The van der Waals surface area contributed by atoms with Crippen LogP contribution in [-0.4, -0.2) is 150 Å². The van der Waals surface area contributed by atoms with Crippen LogP contribution in [0.5, 0.6) is 17.2 Å². The van der Waals surface area contributed by atoms with Crippen LogP contribution in [0.2, 0.25) is 0 Å². The number of aliphatic hydroxyl groups is 1. The van der Waals surface area contributed by atoms with Crippen LogP contribution in [-0.2, 0) is 48.8 Å². The zero-order chi connectivity index (χ0) is 52.9. The topological polar surface area (TPSA) is 225 Å². The fourth-order valence-corrected chi connectivity index (χ4v) is 10.1. The Morgan fingerprint density at radius 1 is 0.946 bits per heavy atom. The van der Waals surface area contributed by atoms with Gasteiger partial charge in [0.25, 0.3) is 11.5 Å². The predicted octanol–water partition coefficient (Wildman–Crippen LogP) is 4.07. The summed E-state index contributed by atoms with van der Waals surface area (Å²) in [6.07, 6.45) is 4.25. The highest BCUT2D eigenvalue weighted by Crippen LogP contribution is 2.41. The molecular formula is C53H65FN8O11S. The Morgan fingerprint density at radius 2 is 1.65 bits per heavy atom. The smallest absolute Gasteiger partial charge is 0.259 e. The monoisotopic (exact) mass is 1040 g/mol. The number of methoxy groups -OCH3 is 2. The Bertz CT molecular complexity index is 2910. The maximum absolute atomic E-state index is 14.6. The quantitative estimate of drug-likeness (QED) is 0.0718. The summed E-state index contributed by atoms with van der Waals surface area (Å²) in [6.45, 7) is 9.49. The van der Waals surface area contributed by atoms with Crippen LogP contribution in [0.3, 0.4) is 0 Å². The fraction of sp³-hybridized carbons (Fsp3) is 0.491. The first-order valence-corrected chi connectivity index (χ1v) is 25.5. The van der Waals surface area contributed by atoms with E-state index in [1.54, 1.807) is 70.7 Å². The SMILES string of the molecule is COc1cc(-c2cn(C)c(=O)c3cnccc23)cc(OC)c1CN1CC(NC(=O)COCCOCCOc2cc(-c3scnc3C)ccc2CNC(=O)C2CC(O)CN2C(=O)C(NC(=O)C2(F)CC2)C(C)(C)C)C1. The molecule has 3 aliphatic rings. The lowest BCUT2D eigenvalue weighted by Gasteiger charge is -2.40. The van der Waals surface area contributed by atoms with Crippen LogP contribution >= 0.6 is 11.3 Å². The summed E-state index contributed by atoms with van der Waals surface area (Å²) in [5.74, 6) is -0.362. The van der Waals surface area contributed by atoms with E-state index in [1.165, 1.54) is 16.2 Å². The number of aromatic nitrogens is 3. The molecule has 0 radical (unpaired) electrons. The Morgan fingerprint density at radius 3 is 2.32 bits per heavy atom. The molecule has 2 saturated heterocycles. The summed E-state index contributed by atoms with van der Waals surface area (Å²) in [5.41, 5.74) is 3.77. The van der Waals surface area contributed by atoms with Crippen molar-refractivity contribution in [2.45, 2.75) is 89.9 Å². The van der Waals surface area contributed by atoms with Crippen molar-refractivity contribution in [2.24, 2.45) is 12.5 Å². The van der Waals surface area contributed by atoms with Crippen molar-refractivity contribution in [3.63, 3.8) is 0 Å². The van der Waals surface area contributed by atoms with E-state index < -0.39 is 47.0 Å². The van der Waals surface area contributed by atoms with Crippen LogP contribution in [0.1, 0.15) is 56.9 Å². The van der Waals surface area contributed by atoms with Crippen molar-refractivity contribution in [2.75, 3.05) is 66.9 Å². The van der Waals surface area contributed by atoms with E-state index in [0.29, 0.717) is 47.8 Å². The molecule has 0 bridgehead atoms. The van der Waals surface area contributed by atoms with Gasteiger partial charge in [-0.25, -0.2) is 9.37 Å². The second kappa shape index (κ2) is 22.9. The number of fused-ring (bicyclic) bond motifs is 1. The van der Waals surface area contributed by atoms with Crippen LogP contribution in [0.4, 0.5) is 4.39 Å². The highest BCUT2D eigenvalue weighted by atomic mass is 32.1. The third kappa shape index (κ3) is 12.3. The van der Waals surface area contributed by atoms with Gasteiger partial charge in [0.05, 0.1) is 73.2 Å². The molecule has 2 aliphatic heterocycles. The zero-order valence-electron chi connectivity index (χ0n) is 42.8. The van der Waals surface area contributed by atoms with Gasteiger partial charge < -0.3 is 54.2 Å². The molecule has 21 heteroatoms. The molecule has 1 saturated carbocycles. The number of carbonyl (C=O) groups is 4. The first-order chi connectivity index (χ1) is 35.4. The van der Waals surface area contributed by atoms with Gasteiger partial charge >= 0.3 is 0 Å². The Balaban J connectivity index is 0.779. The molecule has 2 aromatic carbocycles. The number of hydrogen-bond donors (Lipinski definition) is 4. The number of pyridine rings is 2. The van der Waals surface area contributed by atoms with Gasteiger partial charge in [-0.15, -0.1) is 11.3 Å². The second-order valence-corrected chi connectivity index (χ2v) is 21.0. The number of carbonyl (C=O) groups excluding carboxylic acids is 4. The fourth-order valence-electron chi connectivity index (χ4n) is 9.29. The molecule has 5 heterocycles. The van der Waals surface area contributed by atoms with Crippen LogP contribution in [0.15, 0.2) is 65.3 Å². The molecule has 19 nitrogen and oxygen atoms in total. The van der Waals surface area contributed by atoms with E-state index in [1.807, 2.05) is 43.3 Å². The number of rotatable bonds is 22. The Labute approximate surface area is 432 Å². The number of aliphatic hydroxyl groups excluding tert-OH is 1. The lowest BCUT2D eigenvalue weighted by molar-refractivity contribution is -0.145. The minimum Gasteiger partial charge on any atom is -0.496 e. The molecule has 5 aromatic rings. The summed E-state index contributed by atoms with van der Waals surface area (Å²) in [4.78, 5) is 78.9. The number of amides is 4. The van der Waals surface area contributed by atoms with Crippen LogP contribution < -0.4 is 35.7 Å². The normalized spacial score (nSPS) is 17.9. The molecule has 4 amide bonds. The molecule has 396 valence electrons. The first-order valence-electron chi connectivity index (χ1n) is 24.7. The molecular weight excluding hydrogens is 976 g/mol. The van der Waals surface area contributed by atoms with Gasteiger partial charge in [-0.05, 0) is 66.0 Å². The number of ether oxygens (including phenoxy) is 5. The summed E-state index contributed by atoms with van der Waals surface area (Å²) < 4.78 is 45.5. The van der Waals surface area contributed by atoms with Gasteiger partial charge in [0.1, 0.15) is 42.5 Å². The number of halogens is 1. The number of nitrogens with zero attached hydrogens (tertiary/aromatic N) is 5. The van der Waals surface area contributed by atoms with Crippen LogP contribution in [0.25, 0.3) is 32.3 Å². The molecule has 3 aromatic heterocycles. The zero-order valence-corrected chi connectivity index (χ0v) is 43.6. The van der Waals surface area contributed by atoms with Crippen LogP contribution in [0, 0.1) is 12.3 Å². The molecule has 3 unspecified atom stereocenters. The highest BCUT2D eigenvalue weighted by Gasteiger charge is 2.53. The highest BCUT2D eigenvalue weighted by molar-refractivity contribution is 7.13. The van der Waals surface area contributed by atoms with E-state index >= 15 is 0 Å². The number of alkyl halides is 1. The summed E-state index contributed by atoms with van der Waals surface area (Å²) in [6, 6.07) is 9.14. The van der Waals surface area contributed by atoms with Gasteiger partial charge in [0, 0.05) is 75.9 Å². The van der Waals surface area contributed by atoms with Gasteiger partial charge in [-0.1, -0.05) is 32.9 Å². The summed E-state index contributed by atoms with van der Waals surface area (Å²) >= 11 is 1.49. The van der Waals surface area contributed by atoms with Gasteiger partial charge in [0.15, 0.2) is 5.67 Å². The number of likely N-dealkylation sites (tertiary alicyclic amines) is 2. The average molecular weight is 1040 g/mol. The first kappa shape index (κ1) is 53.8. The molecule has 74 heavy (non-hydrogen) atoms. The van der Waals surface area contributed by atoms with Gasteiger partial charge in [0.2, 0.25) is 17.7 Å². The Hall–Kier alpha value is -6.52. The minimum atomic E-state index is -1.99. The van der Waals surface area contributed by atoms with E-state index in [2.05, 4.69) is 30.8 Å². The van der Waals surface area contributed by atoms with Gasteiger partial charge in [-0.3, -0.25) is 33.9 Å². The van der Waals surface area contributed by atoms with Gasteiger partial charge in [-0.2, -0.15) is 0 Å². The number of benzene rings is 2. The third-order valence-electron chi connectivity index (χ3n) is 13.6. The lowest BCUT2D eigenvalue weighted by Crippen LogP contribution is -2.59. The predicted molar refractivity (Wildman–Crippen MR) is 275 cm³/mol. The maximum atomic E-state index is 14.6. The standard InChI is InChI=1S/C53H65FN8O11S/c1-31-46(74-30-57-31)32-8-9-33(22-56-48(65)41-21-36(63)26-62(41)50(67)47(52(2,3)4)59-51(68)53(54)11-12-53)42(18-32)73-17-16-71-14-15-72-29-45(64)58-35-24-61(25-35)28-40-43(69-6)19-34(20-44(40)70-7)39-27-60(5)49(66)38-23-55-13-10-37(38)39/h8-10,13,18-20,23,27,30,35-36,41,47,63H,11-12,14-17,21-22,24-26,28-29H2,1-7H3,(H,56,65)(H,58,64)(H,59,68). The molecule has 1 aliphatic carbocycles. The largest absolute Gasteiger partial charge is 0.496 e. The van der Waals surface area contributed by atoms with E-state index in [-0.39, 0.29) is 82.9 Å². The van der Waals surface area contributed by atoms with Crippen molar-refractivity contribution >= 4 is 45.7 Å².